The summed E-state index contributed by atoms with van der Waals surface area (Å²) < 4.78 is 6.44. The van der Waals surface area contributed by atoms with E-state index in [1.807, 2.05) is 6.92 Å². The number of ether oxygens (including phenoxy) is 1. The third-order valence-corrected chi connectivity index (χ3v) is 4.48. The fourth-order valence-electron chi connectivity index (χ4n) is 3.31. The Hall–Kier alpha value is -3.02. The lowest BCUT2D eigenvalue weighted by molar-refractivity contribution is 0.0595. The smallest absolute Gasteiger partial charge is 0.340 e. The first-order valence-electron chi connectivity index (χ1n) is 8.02. The summed E-state index contributed by atoms with van der Waals surface area (Å²) in [5.74, 6) is -1.52. The summed E-state index contributed by atoms with van der Waals surface area (Å²) in [6.07, 6.45) is 0.718. The van der Waals surface area contributed by atoms with Gasteiger partial charge in [-0.05, 0) is 13.3 Å². The molecular formula is C19H18N2O4. The van der Waals surface area contributed by atoms with Crippen molar-refractivity contribution in [3.8, 4) is 0 Å². The summed E-state index contributed by atoms with van der Waals surface area (Å²) in [5.41, 5.74) is 0.935. The molecule has 1 aromatic heterocycles. The molecule has 0 unspecified atom stereocenters. The Morgan fingerprint density at radius 1 is 1.12 bits per heavy atom. The molecule has 0 saturated carbocycles. The lowest BCUT2D eigenvalue weighted by Crippen LogP contribution is -2.37. The monoisotopic (exact) mass is 338 g/mol. The molecule has 25 heavy (non-hydrogen) atoms. The van der Waals surface area contributed by atoms with Crippen LogP contribution in [0.25, 0.3) is 0 Å². The first-order valence-corrected chi connectivity index (χ1v) is 8.02. The van der Waals surface area contributed by atoms with Gasteiger partial charge in [0.05, 0.1) is 23.8 Å². The Morgan fingerprint density at radius 2 is 1.68 bits per heavy atom. The molecule has 1 heterocycles. The van der Waals surface area contributed by atoms with Crippen LogP contribution in [0.3, 0.4) is 0 Å². The Kier molecular flexibility index (Phi) is 4.12. The first-order chi connectivity index (χ1) is 11.9. The van der Waals surface area contributed by atoms with Gasteiger partial charge in [0, 0.05) is 23.4 Å². The van der Waals surface area contributed by atoms with E-state index in [0.717, 1.165) is 6.42 Å². The Labute approximate surface area is 144 Å². The van der Waals surface area contributed by atoms with Gasteiger partial charge in [-0.25, -0.2) is 4.79 Å². The van der Waals surface area contributed by atoms with Crippen molar-refractivity contribution in [2.45, 2.75) is 26.8 Å². The average molecular weight is 338 g/mol. The number of nitrogens with one attached hydrogen (secondary N) is 1. The zero-order valence-electron chi connectivity index (χ0n) is 14.3. The standard InChI is InChI=1S/C19H18N2O4/c1-4-9-21-10(2)13(19(24)25-3)14-15(18(21)20)17(23)12-8-6-5-7-11(12)16(14)22/h5-8,20H,4,9H2,1-3H3. The highest BCUT2D eigenvalue weighted by Gasteiger charge is 2.36. The van der Waals surface area contributed by atoms with Gasteiger partial charge in [-0.2, -0.15) is 0 Å². The number of rotatable bonds is 3. The maximum Gasteiger partial charge on any atom is 0.340 e. The van der Waals surface area contributed by atoms with Crippen molar-refractivity contribution in [2.24, 2.45) is 0 Å². The second-order valence-electron chi connectivity index (χ2n) is 5.91. The molecule has 0 bridgehead atoms. The van der Waals surface area contributed by atoms with E-state index < -0.39 is 17.5 Å². The molecule has 0 atom stereocenters. The normalized spacial score (nSPS) is 12.6. The van der Waals surface area contributed by atoms with Gasteiger partial charge in [0.1, 0.15) is 5.49 Å². The summed E-state index contributed by atoms with van der Waals surface area (Å²) >= 11 is 0. The quantitative estimate of drug-likeness (QED) is 0.742. The molecule has 1 aliphatic carbocycles. The molecule has 6 heteroatoms. The number of carbonyl (C=O) groups is 3. The maximum absolute atomic E-state index is 13.0. The second-order valence-corrected chi connectivity index (χ2v) is 5.91. The summed E-state index contributed by atoms with van der Waals surface area (Å²) in [6.45, 7) is 4.06. The maximum atomic E-state index is 13.0. The van der Waals surface area contributed by atoms with Crippen LogP contribution in [0.15, 0.2) is 24.3 Å². The van der Waals surface area contributed by atoms with Gasteiger partial charge < -0.3 is 9.30 Å². The largest absolute Gasteiger partial charge is 0.465 e. The first kappa shape index (κ1) is 16.8. The van der Waals surface area contributed by atoms with E-state index in [1.54, 1.807) is 35.8 Å². The molecule has 0 radical (unpaired) electrons. The van der Waals surface area contributed by atoms with Crippen molar-refractivity contribution in [3.63, 3.8) is 0 Å². The molecule has 0 saturated heterocycles. The third kappa shape index (κ3) is 2.33. The number of fused-ring (bicyclic) bond motifs is 2. The fourth-order valence-corrected chi connectivity index (χ4v) is 3.31. The molecule has 0 fully saturated rings. The van der Waals surface area contributed by atoms with E-state index in [0.29, 0.717) is 12.2 Å². The minimum Gasteiger partial charge on any atom is -0.465 e. The molecular weight excluding hydrogens is 320 g/mol. The molecule has 1 aromatic carbocycles. The van der Waals surface area contributed by atoms with Crippen LogP contribution in [0.2, 0.25) is 0 Å². The summed E-state index contributed by atoms with van der Waals surface area (Å²) in [5, 5.41) is 8.46. The minimum absolute atomic E-state index is 0.0228. The topological polar surface area (TPSA) is 89.2 Å². The summed E-state index contributed by atoms with van der Waals surface area (Å²) in [4.78, 5) is 38.4. The molecule has 1 aliphatic rings. The Morgan fingerprint density at radius 3 is 2.20 bits per heavy atom. The summed E-state index contributed by atoms with van der Waals surface area (Å²) in [7, 11) is 1.23. The molecule has 6 nitrogen and oxygen atoms in total. The van der Waals surface area contributed by atoms with Crippen LogP contribution in [0.4, 0.5) is 0 Å². The van der Waals surface area contributed by atoms with Crippen LogP contribution in [0.5, 0.6) is 0 Å². The average Bonchev–Trinajstić information content (AvgIpc) is 2.62. The van der Waals surface area contributed by atoms with Crippen LogP contribution in [-0.2, 0) is 11.3 Å². The Balaban J connectivity index is 2.47. The van der Waals surface area contributed by atoms with Crippen LogP contribution < -0.4 is 5.49 Å². The number of nitrogens with zero attached hydrogens (tertiary/aromatic N) is 1. The van der Waals surface area contributed by atoms with Crippen LogP contribution in [-0.4, -0.2) is 29.2 Å². The zero-order chi connectivity index (χ0) is 18.3. The number of ketones is 2. The molecule has 3 rings (SSSR count). The van der Waals surface area contributed by atoms with Gasteiger partial charge >= 0.3 is 5.97 Å². The van der Waals surface area contributed by atoms with E-state index in [9.17, 15) is 14.4 Å². The van der Waals surface area contributed by atoms with E-state index in [-0.39, 0.29) is 33.3 Å². The highest BCUT2D eigenvalue weighted by Crippen LogP contribution is 2.29. The number of pyridine rings is 1. The molecule has 0 spiro atoms. The number of hydrogen-bond acceptors (Lipinski definition) is 5. The van der Waals surface area contributed by atoms with Crippen LogP contribution in [0.1, 0.15) is 61.2 Å². The van der Waals surface area contributed by atoms with Crippen molar-refractivity contribution in [2.75, 3.05) is 7.11 Å². The van der Waals surface area contributed by atoms with E-state index >= 15 is 0 Å². The zero-order valence-corrected chi connectivity index (χ0v) is 14.3. The highest BCUT2D eigenvalue weighted by molar-refractivity contribution is 6.30. The minimum atomic E-state index is -0.681. The van der Waals surface area contributed by atoms with Crippen LogP contribution in [0, 0.1) is 12.3 Å². The molecule has 1 N–H and O–H groups in total. The fraction of sp³-hybridized carbons (Fsp3) is 0.263. The molecule has 0 aliphatic heterocycles. The van der Waals surface area contributed by atoms with Gasteiger partial charge in [0.2, 0.25) is 0 Å². The van der Waals surface area contributed by atoms with Crippen molar-refractivity contribution in [1.82, 2.24) is 4.57 Å². The number of esters is 1. The van der Waals surface area contributed by atoms with Gasteiger partial charge in [-0.1, -0.05) is 31.2 Å². The molecule has 128 valence electrons. The van der Waals surface area contributed by atoms with Crippen molar-refractivity contribution >= 4 is 17.5 Å². The van der Waals surface area contributed by atoms with E-state index in [4.69, 9.17) is 10.1 Å². The lowest BCUT2D eigenvalue weighted by Gasteiger charge is -2.24. The Bertz CT molecular complexity index is 986. The highest BCUT2D eigenvalue weighted by atomic mass is 16.5. The number of methoxy groups -OCH3 is 1. The van der Waals surface area contributed by atoms with Crippen molar-refractivity contribution in [3.05, 3.63) is 63.3 Å². The van der Waals surface area contributed by atoms with Gasteiger partial charge in [-0.3, -0.25) is 15.0 Å². The van der Waals surface area contributed by atoms with Gasteiger partial charge in [0.25, 0.3) is 0 Å². The number of aromatic nitrogens is 1. The number of carbonyl (C=O) groups excluding carboxylic acids is 3. The van der Waals surface area contributed by atoms with Crippen LogP contribution >= 0.6 is 0 Å². The molecule has 2 aromatic rings. The predicted octanol–water partition coefficient (Wildman–Crippen LogP) is 2.25. The predicted molar refractivity (Wildman–Crippen MR) is 90.0 cm³/mol. The van der Waals surface area contributed by atoms with E-state index in [1.165, 1.54) is 7.11 Å². The van der Waals surface area contributed by atoms with Crippen molar-refractivity contribution < 1.29 is 19.1 Å². The summed E-state index contributed by atoms with van der Waals surface area (Å²) in [6, 6.07) is 6.47. The second kappa shape index (κ2) is 6.12. The SMILES string of the molecule is CCCn1c(C)c(C(=O)OC)c2c(c1=N)C(=O)c1ccccc1C2=O. The lowest BCUT2D eigenvalue weighted by atomic mass is 9.82. The van der Waals surface area contributed by atoms with Gasteiger partial charge in [-0.15, -0.1) is 0 Å². The number of benzene rings is 1. The molecule has 0 amide bonds. The van der Waals surface area contributed by atoms with E-state index in [2.05, 4.69) is 0 Å². The van der Waals surface area contributed by atoms with Gasteiger partial charge in [0.15, 0.2) is 11.6 Å². The third-order valence-electron chi connectivity index (χ3n) is 4.48. The number of hydrogen-bond donors (Lipinski definition) is 1. The van der Waals surface area contributed by atoms with Crippen molar-refractivity contribution in [1.29, 1.82) is 5.41 Å².